The summed E-state index contributed by atoms with van der Waals surface area (Å²) in [6.07, 6.45) is 0. The van der Waals surface area contributed by atoms with Crippen molar-refractivity contribution < 1.29 is 9.31 Å². The van der Waals surface area contributed by atoms with Gasteiger partial charge in [0.25, 0.3) is 0 Å². The molecular weight excluding hydrogens is 418 g/mol. The molecule has 1 aliphatic rings. The van der Waals surface area contributed by atoms with Crippen LogP contribution in [0.15, 0.2) is 36.4 Å². The highest BCUT2D eigenvalue weighted by molar-refractivity contribution is 7.20. The maximum Gasteiger partial charge on any atom is 0.467 e. The third-order valence-electron chi connectivity index (χ3n) is 7.19. The van der Waals surface area contributed by atoms with Crippen molar-refractivity contribution in [2.45, 2.75) is 79.1 Å². The average molecular weight is 462 g/mol. The van der Waals surface area contributed by atoms with Crippen LogP contribution in [0.3, 0.4) is 0 Å². The first kappa shape index (κ1) is 26.7. The minimum Gasteiger partial charge on any atom is -0.417 e. The Hall–Kier alpha value is -1.91. The van der Waals surface area contributed by atoms with Crippen molar-refractivity contribution >= 4 is 25.3 Å². The van der Waals surface area contributed by atoms with Gasteiger partial charge in [0.15, 0.2) is 0 Å². The molecule has 4 nitrogen and oxygen atoms in total. The van der Waals surface area contributed by atoms with Gasteiger partial charge in [-0.1, -0.05) is 91.8 Å². The van der Waals surface area contributed by atoms with Gasteiger partial charge in [0.2, 0.25) is 0 Å². The Labute approximate surface area is 209 Å². The summed E-state index contributed by atoms with van der Waals surface area (Å²) in [5, 5.41) is 0. The number of benzene rings is 2. The van der Waals surface area contributed by atoms with Crippen LogP contribution in [-0.2, 0) is 9.31 Å². The molecule has 0 amide bonds. The minimum atomic E-state index is -0.372. The lowest BCUT2D eigenvalue weighted by atomic mass is 9.39. The number of hydrogen-bond acceptors (Lipinski definition) is 4. The molecular formula is C28H44B2N2O2. The molecule has 0 saturated carbocycles. The van der Waals surface area contributed by atoms with Crippen LogP contribution in [0.25, 0.3) is 0 Å². The first-order valence-electron chi connectivity index (χ1n) is 13.0. The highest BCUT2D eigenvalue weighted by Gasteiger charge is 2.50. The zero-order chi connectivity index (χ0) is 25.2. The van der Waals surface area contributed by atoms with E-state index in [-0.39, 0.29) is 13.9 Å². The van der Waals surface area contributed by atoms with Crippen molar-refractivity contribution in [2.75, 3.05) is 36.9 Å². The van der Waals surface area contributed by atoms with Gasteiger partial charge in [0.1, 0.15) is 0 Å². The predicted molar refractivity (Wildman–Crippen MR) is 149 cm³/mol. The number of para-hydroxylation sites is 2. The molecule has 34 heavy (non-hydrogen) atoms. The molecule has 1 fully saturated rings. The molecule has 0 spiro atoms. The quantitative estimate of drug-likeness (QED) is 0.381. The van der Waals surface area contributed by atoms with Crippen LogP contribution < -0.4 is 9.62 Å². The second-order valence-electron chi connectivity index (χ2n) is 10.8. The summed E-state index contributed by atoms with van der Waals surface area (Å²) in [4.78, 5) is 5.12. The molecule has 6 heteroatoms. The molecule has 1 saturated heterocycles. The highest BCUT2D eigenvalue weighted by atomic mass is 16.6. The van der Waals surface area contributed by atoms with Gasteiger partial charge in [0.05, 0.1) is 0 Å². The van der Waals surface area contributed by atoms with E-state index in [1.54, 1.807) is 14.2 Å². The van der Waals surface area contributed by atoms with Gasteiger partial charge in [0, 0.05) is 38.7 Å². The van der Waals surface area contributed by atoms with Crippen molar-refractivity contribution in [3.63, 3.8) is 0 Å². The van der Waals surface area contributed by atoms with E-state index >= 15 is 0 Å². The fraction of sp³-hybridized carbons (Fsp3) is 0.571. The van der Waals surface area contributed by atoms with Crippen LogP contribution in [0.2, 0.25) is 0 Å². The van der Waals surface area contributed by atoms with E-state index < -0.39 is 0 Å². The summed E-state index contributed by atoms with van der Waals surface area (Å²) < 4.78 is 12.0. The largest absolute Gasteiger partial charge is 0.467 e. The molecule has 0 unspecified atom stereocenters. The van der Waals surface area contributed by atoms with Gasteiger partial charge in [-0.05, 0) is 45.9 Å². The van der Waals surface area contributed by atoms with E-state index in [0.29, 0.717) is 23.7 Å². The Morgan fingerprint density at radius 3 is 1.15 bits per heavy atom. The summed E-state index contributed by atoms with van der Waals surface area (Å²) >= 11 is 0. The molecule has 0 radical (unpaired) electrons. The van der Waals surface area contributed by atoms with Crippen molar-refractivity contribution in [3.8, 4) is 0 Å². The maximum absolute atomic E-state index is 5.98. The van der Waals surface area contributed by atoms with Crippen LogP contribution in [0, 0.1) is 0 Å². The van der Waals surface area contributed by atoms with Gasteiger partial charge in [-0.2, -0.15) is 0 Å². The Morgan fingerprint density at radius 1 is 0.618 bits per heavy atom. The summed E-state index contributed by atoms with van der Waals surface area (Å²) in [5.41, 5.74) is 8.28. The first-order valence-corrected chi connectivity index (χ1v) is 13.0. The van der Waals surface area contributed by atoms with E-state index in [2.05, 4.69) is 101 Å². The fourth-order valence-corrected chi connectivity index (χ4v) is 5.46. The predicted octanol–water partition coefficient (Wildman–Crippen LogP) is 6.85. The molecule has 0 N–H and O–H groups in total. The molecule has 3 rings (SSSR count). The monoisotopic (exact) mass is 462 g/mol. The smallest absolute Gasteiger partial charge is 0.417 e. The summed E-state index contributed by atoms with van der Waals surface area (Å²) in [5.74, 6) is 1.73. The lowest BCUT2D eigenvalue weighted by Gasteiger charge is -2.37. The Morgan fingerprint density at radius 2 is 0.912 bits per heavy atom. The SMILES string of the molecule is COB(OC)B1N(c2c(C(C)C)cccc2C(C)C)CCN1c1c(C(C)C)cccc1C(C)C. The molecule has 0 bridgehead atoms. The molecule has 2 aromatic rings. The van der Waals surface area contributed by atoms with Gasteiger partial charge < -0.3 is 18.9 Å². The number of rotatable bonds is 9. The number of anilines is 2. The summed E-state index contributed by atoms with van der Waals surface area (Å²) in [7, 11) is 3.15. The van der Waals surface area contributed by atoms with Crippen LogP contribution >= 0.6 is 0 Å². The zero-order valence-electron chi connectivity index (χ0n) is 23.1. The van der Waals surface area contributed by atoms with E-state index in [4.69, 9.17) is 9.31 Å². The topological polar surface area (TPSA) is 24.9 Å². The van der Waals surface area contributed by atoms with Crippen LogP contribution in [0.5, 0.6) is 0 Å². The minimum absolute atomic E-state index is 0.0511. The Kier molecular flexibility index (Phi) is 8.81. The van der Waals surface area contributed by atoms with Crippen molar-refractivity contribution in [3.05, 3.63) is 58.7 Å². The van der Waals surface area contributed by atoms with E-state index in [1.807, 2.05) is 0 Å². The summed E-state index contributed by atoms with van der Waals surface area (Å²) in [6, 6.07) is 13.6. The van der Waals surface area contributed by atoms with Crippen LogP contribution in [0.4, 0.5) is 11.4 Å². The van der Waals surface area contributed by atoms with E-state index in [0.717, 1.165) is 13.1 Å². The van der Waals surface area contributed by atoms with Gasteiger partial charge in [-0.15, -0.1) is 0 Å². The molecule has 2 aromatic carbocycles. The normalized spacial score (nSPS) is 14.5. The van der Waals surface area contributed by atoms with E-state index in [1.165, 1.54) is 33.6 Å². The fourth-order valence-electron chi connectivity index (χ4n) is 5.46. The van der Waals surface area contributed by atoms with Crippen LogP contribution in [-0.4, -0.2) is 41.2 Å². The first-order chi connectivity index (χ1) is 16.1. The van der Waals surface area contributed by atoms with Gasteiger partial charge in [-0.25, -0.2) is 0 Å². The second kappa shape index (κ2) is 11.2. The molecule has 1 aliphatic heterocycles. The average Bonchev–Trinajstić information content (AvgIpc) is 3.22. The molecule has 0 aromatic heterocycles. The Balaban J connectivity index is 2.26. The lowest BCUT2D eigenvalue weighted by molar-refractivity contribution is 0.296. The van der Waals surface area contributed by atoms with Crippen molar-refractivity contribution in [1.82, 2.24) is 0 Å². The summed E-state index contributed by atoms with van der Waals surface area (Å²) in [6.45, 7) is 20.2. The molecule has 184 valence electrons. The van der Waals surface area contributed by atoms with Crippen molar-refractivity contribution in [2.24, 2.45) is 0 Å². The molecule has 0 aliphatic carbocycles. The van der Waals surface area contributed by atoms with Crippen molar-refractivity contribution in [1.29, 1.82) is 0 Å². The standard InChI is InChI=1S/C28H44B2N2O2/c1-19(2)23-13-11-14-24(20(3)4)27(23)31-17-18-32(29(31)30(33-9)34-10)28-25(21(5)6)15-12-16-26(28)22(7)8/h11-16,19-22H,17-18H2,1-10H3. The third kappa shape index (κ3) is 5.04. The molecule has 1 heterocycles. The van der Waals surface area contributed by atoms with Crippen LogP contribution in [0.1, 0.15) is 101 Å². The third-order valence-corrected chi connectivity index (χ3v) is 7.19. The lowest BCUT2D eigenvalue weighted by Crippen LogP contribution is -2.59. The second-order valence-corrected chi connectivity index (χ2v) is 10.8. The number of hydrogen-bond donors (Lipinski definition) is 0. The number of nitrogens with zero attached hydrogens (tertiary/aromatic N) is 2. The highest BCUT2D eigenvalue weighted by Crippen LogP contribution is 2.42. The molecule has 0 atom stereocenters. The zero-order valence-corrected chi connectivity index (χ0v) is 23.1. The Bertz CT molecular complexity index is 833. The van der Waals surface area contributed by atoms with Gasteiger partial charge >= 0.3 is 13.9 Å². The van der Waals surface area contributed by atoms with E-state index in [9.17, 15) is 0 Å². The van der Waals surface area contributed by atoms with Gasteiger partial charge in [-0.3, -0.25) is 0 Å². The maximum atomic E-state index is 5.98.